The summed E-state index contributed by atoms with van der Waals surface area (Å²) in [7, 11) is 0. The van der Waals surface area contributed by atoms with Gasteiger partial charge in [0.15, 0.2) is 17.3 Å². The zero-order valence-corrected chi connectivity index (χ0v) is 71.4. The molecule has 0 radical (unpaired) electrons. The lowest BCUT2D eigenvalue weighted by molar-refractivity contribution is -0.0316. The van der Waals surface area contributed by atoms with Gasteiger partial charge in [0.05, 0.1) is 83.7 Å². The molecule has 8 saturated heterocycles. The lowest BCUT2D eigenvalue weighted by atomic mass is 9.77. The van der Waals surface area contributed by atoms with Crippen LogP contribution in [0.2, 0.25) is 15.1 Å². The Balaban J connectivity index is 0.000000117. The summed E-state index contributed by atoms with van der Waals surface area (Å²) in [6, 6.07) is 29.2. The first-order chi connectivity index (χ1) is 60.1. The van der Waals surface area contributed by atoms with E-state index in [0.717, 1.165) is 122 Å². The molecule has 33 heteroatoms. The zero-order valence-electron chi connectivity index (χ0n) is 69.1. The summed E-state index contributed by atoms with van der Waals surface area (Å²) in [6.07, 6.45) is 30.0. The SMILES string of the molecule is Cc1ccc(OC2CC3CCC2N(C(=O)c2c(F)cccc2-c2ncccn2)C3)nc1.Cc1cnc(OC2CC3CCC2N(C(=O)c2cc(C)ccc2-n2nccn2)C3)c(Cl)c1.Cc1cnc(OC2CC3CCC2N(C(=O)c2cccc(F)c2-n2nccn2)C3)c(Cl)c1.Cc1cnc(OC2CC3CCC2N(C(=O)c2nc(C)ccc2-n2nccn2)C3)c(Cl)c1. The summed E-state index contributed by atoms with van der Waals surface area (Å²) in [5.74, 6) is 1.72. The number of pyridine rings is 5. The highest BCUT2D eigenvalue weighted by molar-refractivity contribution is 6.32. The molecule has 3 aromatic carbocycles. The number of piperidine rings is 8. The second-order valence-corrected chi connectivity index (χ2v) is 34.4. The summed E-state index contributed by atoms with van der Waals surface area (Å²) in [6.45, 7) is 14.3. The molecule has 12 atom stereocenters. The van der Waals surface area contributed by atoms with Crippen molar-refractivity contribution in [3.63, 3.8) is 0 Å². The number of fused-ring (bicyclic) bond motifs is 12. The van der Waals surface area contributed by atoms with Crippen molar-refractivity contribution in [2.24, 2.45) is 23.7 Å². The van der Waals surface area contributed by atoms with E-state index < -0.39 is 11.6 Å². The molecule has 0 spiro atoms. The summed E-state index contributed by atoms with van der Waals surface area (Å²) in [5.41, 5.74) is 8.69. The second kappa shape index (κ2) is 36.6. The molecule has 0 N–H and O–H groups in total. The van der Waals surface area contributed by atoms with Crippen molar-refractivity contribution in [2.45, 2.75) is 167 Å². The van der Waals surface area contributed by atoms with Crippen molar-refractivity contribution >= 4 is 58.4 Å². The van der Waals surface area contributed by atoms with Crippen molar-refractivity contribution < 1.29 is 46.9 Å². The quantitative estimate of drug-likeness (QED) is 0.0868. The summed E-state index contributed by atoms with van der Waals surface area (Å²) in [4.78, 5) is 96.5. The normalized spacial score (nSPS) is 22.5. The highest BCUT2D eigenvalue weighted by atomic mass is 35.5. The minimum Gasteiger partial charge on any atom is -0.472 e. The van der Waals surface area contributed by atoms with Gasteiger partial charge in [0.2, 0.25) is 23.5 Å². The van der Waals surface area contributed by atoms with E-state index in [1.807, 2.05) is 112 Å². The number of para-hydroxylation sites is 1. The fourth-order valence-corrected chi connectivity index (χ4v) is 19.4. The smallest absolute Gasteiger partial charge is 0.275 e. The number of nitrogens with zero attached hydrogens (tertiary/aromatic N) is 20. The van der Waals surface area contributed by atoms with Crippen molar-refractivity contribution in [1.29, 1.82) is 0 Å². The summed E-state index contributed by atoms with van der Waals surface area (Å²) < 4.78 is 54.4. The third-order valence-corrected chi connectivity index (χ3v) is 25.3. The maximum Gasteiger partial charge on any atom is 0.275 e. The predicted molar refractivity (Wildman–Crippen MR) is 456 cm³/mol. The average molecular weight is 1740 g/mol. The Bertz CT molecular complexity index is 5560. The van der Waals surface area contributed by atoms with Crippen LogP contribution in [0.3, 0.4) is 0 Å². The number of aromatic nitrogens is 16. The van der Waals surface area contributed by atoms with Gasteiger partial charge in [-0.3, -0.25) is 19.2 Å². The van der Waals surface area contributed by atoms with E-state index in [9.17, 15) is 28.0 Å². The molecule has 12 aliphatic rings. The molecule has 28 nitrogen and oxygen atoms in total. The van der Waals surface area contributed by atoms with Crippen LogP contribution in [-0.4, -0.2) is 198 Å². The van der Waals surface area contributed by atoms with Gasteiger partial charge in [-0.05, 0) is 231 Å². The summed E-state index contributed by atoms with van der Waals surface area (Å²) in [5, 5.41) is 26.3. The molecule has 4 aliphatic carbocycles. The lowest BCUT2D eigenvalue weighted by Gasteiger charge is -2.49. The number of halogens is 5. The minimum absolute atomic E-state index is 0.0121. The molecule has 4 amide bonds. The molecule has 124 heavy (non-hydrogen) atoms. The molecule has 638 valence electrons. The van der Waals surface area contributed by atoms with E-state index >= 15 is 0 Å². The Hall–Kier alpha value is -12.3. The van der Waals surface area contributed by atoms with Crippen molar-refractivity contribution in [3.05, 3.63) is 260 Å². The third kappa shape index (κ3) is 18.1. The molecule has 8 bridgehead atoms. The van der Waals surface area contributed by atoms with Gasteiger partial charge in [0.25, 0.3) is 23.6 Å². The van der Waals surface area contributed by atoms with E-state index in [1.165, 1.54) is 40.2 Å². The van der Waals surface area contributed by atoms with E-state index in [4.69, 9.17) is 53.8 Å². The van der Waals surface area contributed by atoms with Gasteiger partial charge >= 0.3 is 0 Å². The van der Waals surface area contributed by atoms with Gasteiger partial charge in [-0.2, -0.15) is 35.4 Å². The Morgan fingerprint density at radius 1 is 0.379 bits per heavy atom. The maximum atomic E-state index is 14.9. The molecule has 12 fully saturated rings. The van der Waals surface area contributed by atoms with E-state index in [0.29, 0.717) is 116 Å². The molecule has 8 aliphatic heterocycles. The van der Waals surface area contributed by atoms with E-state index in [-0.39, 0.29) is 89.0 Å². The number of benzene rings is 3. The highest BCUT2D eigenvalue weighted by Gasteiger charge is 2.50. The first kappa shape index (κ1) is 84.0. The third-order valence-electron chi connectivity index (χ3n) is 24.4. The van der Waals surface area contributed by atoms with Crippen LogP contribution >= 0.6 is 34.8 Å². The van der Waals surface area contributed by atoms with Crippen molar-refractivity contribution in [3.8, 4) is 52.0 Å². The number of hydrogen-bond acceptors (Lipinski definition) is 21. The fraction of sp³-hybridized carbons (Fsp3) is 0.374. The molecular weight excluding hydrogens is 1650 g/mol. The number of hydrogen-bond donors (Lipinski definition) is 0. The van der Waals surface area contributed by atoms with Crippen LogP contribution in [0.25, 0.3) is 28.5 Å². The van der Waals surface area contributed by atoms with Gasteiger partial charge in [0.1, 0.15) is 56.7 Å². The van der Waals surface area contributed by atoms with Gasteiger partial charge in [0, 0.05) is 80.7 Å². The Labute approximate surface area is 729 Å². The number of carbonyl (C=O) groups excluding carboxylic acids is 4. The largest absolute Gasteiger partial charge is 0.472 e. The monoisotopic (exact) mass is 1730 g/mol. The van der Waals surface area contributed by atoms with Crippen LogP contribution in [0, 0.1) is 76.8 Å². The first-order valence-electron chi connectivity index (χ1n) is 41.8. The molecule has 9 aromatic heterocycles. The van der Waals surface area contributed by atoms with Crippen LogP contribution in [0.5, 0.6) is 23.5 Å². The Morgan fingerprint density at radius 3 is 1.27 bits per heavy atom. The number of rotatable bonds is 16. The maximum absolute atomic E-state index is 14.9. The van der Waals surface area contributed by atoms with E-state index in [1.54, 1.807) is 96.0 Å². The van der Waals surface area contributed by atoms with E-state index in [2.05, 4.69) is 65.5 Å². The number of amides is 4. The highest BCUT2D eigenvalue weighted by Crippen LogP contribution is 2.45. The van der Waals surface area contributed by atoms with Crippen molar-refractivity contribution in [2.75, 3.05) is 26.2 Å². The van der Waals surface area contributed by atoms with Gasteiger partial charge in [-0.1, -0.05) is 70.7 Å². The topological polar surface area (TPSA) is 301 Å². The molecule has 17 heterocycles. The lowest BCUT2D eigenvalue weighted by Crippen LogP contribution is -2.59. The van der Waals surface area contributed by atoms with Crippen LogP contribution in [0.15, 0.2) is 177 Å². The zero-order chi connectivity index (χ0) is 86.0. The van der Waals surface area contributed by atoms with Crippen LogP contribution in [0.4, 0.5) is 8.78 Å². The Morgan fingerprint density at radius 2 is 0.798 bits per heavy atom. The molecular formula is C91H91Cl3F2N20O8. The molecule has 12 unspecified atom stereocenters. The predicted octanol–water partition coefficient (Wildman–Crippen LogP) is 15.3. The fourth-order valence-electron chi connectivity index (χ4n) is 18.6. The van der Waals surface area contributed by atoms with Crippen molar-refractivity contribution in [1.82, 2.24) is 99.5 Å². The van der Waals surface area contributed by atoms with Crippen LogP contribution in [0.1, 0.15) is 152 Å². The number of aryl methyl sites for hydroxylation is 6. The molecule has 24 rings (SSSR count). The van der Waals surface area contributed by atoms with Gasteiger partial charge in [-0.25, -0.2) is 43.7 Å². The number of ether oxygens (including phenoxy) is 4. The van der Waals surface area contributed by atoms with Gasteiger partial charge in [-0.15, -0.1) is 9.59 Å². The average Bonchev–Trinajstić information content (AvgIpc) is 0.830. The minimum atomic E-state index is -0.561. The number of carbonyl (C=O) groups is 4. The van der Waals surface area contributed by atoms with Crippen LogP contribution < -0.4 is 18.9 Å². The first-order valence-corrected chi connectivity index (χ1v) is 43.0. The molecule has 12 aromatic rings. The second-order valence-electron chi connectivity index (χ2n) is 33.2. The standard InChI is InChI=1S/C24H23FN4O2.C23H24ClN5O2.C22H21ClFN5O2.C22H23ClN6O2/c1-15-6-9-21(28-13-15)31-20-12-16-7-8-19(20)29(14-16)24(30)22-17(4-2-5-18(22)25)23-26-10-3-11-27-23;1-14-3-5-19(29-26-7-8-27-29)17(9-14)23(30)28-13-16-4-6-20(28)21(11-16)31-22-18(24)10-15(2)12-25-22;1-13-9-16(23)21(25-11-13)31-19-10-14-5-6-18(19)28(12-14)22(30)15-3-2-4-17(24)20(15)29-26-7-8-27-29;1-13-9-16(23)21(24-11-13)31-19-10-15-4-6-17(19)28(12-15)22(30)20-18(5-3-14(2)27-20)29-25-7-8-26-29/h2-6,9-11,13,16,19-20H,7-8,12,14H2,1H3;3,5,7-10,12,16,20-21H,4,6,11,13H2,1-2H3;2-4,7-9,11,14,18-19H,5-6,10,12H2,1H3;3,5,7-9,11,15,17,19H,4,6,10,12H2,1-2H3. The Kier molecular flexibility index (Phi) is 24.8. The summed E-state index contributed by atoms with van der Waals surface area (Å²) >= 11 is 19.0. The van der Waals surface area contributed by atoms with Gasteiger partial charge < -0.3 is 38.5 Å². The molecule has 4 saturated carbocycles. The van der Waals surface area contributed by atoms with Crippen LogP contribution in [-0.2, 0) is 0 Å².